The Hall–Kier alpha value is -0.860. The van der Waals surface area contributed by atoms with Gasteiger partial charge in [-0.3, -0.25) is 4.90 Å². The molecular formula is C17H28N2. The standard InChI is InChI=1S/C17H28N2/c1-3-15-7-9-16(10-8-15)13-19(4-2)14-17-6-5-11-18-12-17/h7-10,17-18H,3-6,11-14H2,1-2H3. The number of nitrogens with zero attached hydrogens (tertiary/aromatic N) is 1. The summed E-state index contributed by atoms with van der Waals surface area (Å²) in [5, 5.41) is 3.52. The highest BCUT2D eigenvalue weighted by molar-refractivity contribution is 5.22. The SMILES string of the molecule is CCc1ccc(CN(CC)CC2CCCNC2)cc1. The molecule has 0 aromatic heterocycles. The van der Waals surface area contributed by atoms with Crippen LogP contribution in [0.25, 0.3) is 0 Å². The van der Waals surface area contributed by atoms with Crippen LogP contribution >= 0.6 is 0 Å². The Morgan fingerprint density at radius 1 is 1.16 bits per heavy atom. The highest BCUT2D eigenvalue weighted by atomic mass is 15.1. The van der Waals surface area contributed by atoms with Gasteiger partial charge in [0.25, 0.3) is 0 Å². The summed E-state index contributed by atoms with van der Waals surface area (Å²) in [4.78, 5) is 2.58. The van der Waals surface area contributed by atoms with Gasteiger partial charge in [-0.25, -0.2) is 0 Å². The number of nitrogens with one attached hydrogen (secondary N) is 1. The molecule has 1 unspecified atom stereocenters. The Balaban J connectivity index is 1.86. The van der Waals surface area contributed by atoms with Crippen molar-refractivity contribution in [2.75, 3.05) is 26.2 Å². The van der Waals surface area contributed by atoms with E-state index in [4.69, 9.17) is 0 Å². The number of rotatable bonds is 6. The first-order valence-corrected chi connectivity index (χ1v) is 7.82. The van der Waals surface area contributed by atoms with Gasteiger partial charge in [-0.1, -0.05) is 38.1 Å². The van der Waals surface area contributed by atoms with Gasteiger partial charge < -0.3 is 5.32 Å². The number of hydrogen-bond acceptors (Lipinski definition) is 2. The van der Waals surface area contributed by atoms with Crippen molar-refractivity contribution in [2.24, 2.45) is 5.92 Å². The first kappa shape index (κ1) is 14.5. The average Bonchev–Trinajstić information content (AvgIpc) is 2.48. The second-order valence-corrected chi connectivity index (χ2v) is 5.71. The molecule has 19 heavy (non-hydrogen) atoms. The zero-order chi connectivity index (χ0) is 13.5. The maximum absolute atomic E-state index is 3.52. The van der Waals surface area contributed by atoms with Gasteiger partial charge in [0, 0.05) is 13.1 Å². The third-order valence-corrected chi connectivity index (χ3v) is 4.20. The fourth-order valence-corrected chi connectivity index (χ4v) is 2.89. The van der Waals surface area contributed by atoms with E-state index in [9.17, 15) is 0 Å². The van der Waals surface area contributed by atoms with Crippen molar-refractivity contribution >= 4 is 0 Å². The highest BCUT2D eigenvalue weighted by Gasteiger charge is 2.16. The molecule has 1 N–H and O–H groups in total. The minimum absolute atomic E-state index is 0.837. The summed E-state index contributed by atoms with van der Waals surface area (Å²) in [6.45, 7) is 10.4. The first-order valence-electron chi connectivity index (χ1n) is 7.82. The predicted octanol–water partition coefficient (Wildman–Crippen LogP) is 3.07. The fraction of sp³-hybridized carbons (Fsp3) is 0.647. The van der Waals surface area contributed by atoms with Crippen LogP contribution in [-0.4, -0.2) is 31.1 Å². The number of piperidine rings is 1. The summed E-state index contributed by atoms with van der Waals surface area (Å²) in [6, 6.07) is 9.12. The molecule has 1 aliphatic rings. The Labute approximate surface area is 118 Å². The number of aryl methyl sites for hydroxylation is 1. The molecule has 0 amide bonds. The van der Waals surface area contributed by atoms with Crippen LogP contribution in [0.1, 0.15) is 37.8 Å². The van der Waals surface area contributed by atoms with E-state index < -0.39 is 0 Å². The fourth-order valence-electron chi connectivity index (χ4n) is 2.89. The van der Waals surface area contributed by atoms with Crippen molar-refractivity contribution in [2.45, 2.75) is 39.7 Å². The van der Waals surface area contributed by atoms with Crippen molar-refractivity contribution in [3.63, 3.8) is 0 Å². The molecule has 2 rings (SSSR count). The molecule has 2 heteroatoms. The second-order valence-electron chi connectivity index (χ2n) is 5.71. The first-order chi connectivity index (χ1) is 9.31. The van der Waals surface area contributed by atoms with Gasteiger partial charge in [-0.2, -0.15) is 0 Å². The van der Waals surface area contributed by atoms with Gasteiger partial charge in [0.15, 0.2) is 0 Å². The van der Waals surface area contributed by atoms with E-state index in [0.717, 1.165) is 25.4 Å². The lowest BCUT2D eigenvalue weighted by atomic mass is 9.99. The lowest BCUT2D eigenvalue weighted by molar-refractivity contribution is 0.209. The Morgan fingerprint density at radius 3 is 2.47 bits per heavy atom. The molecule has 1 heterocycles. The summed E-state index contributed by atoms with van der Waals surface area (Å²) in [5.41, 5.74) is 2.88. The van der Waals surface area contributed by atoms with Crippen LogP contribution in [-0.2, 0) is 13.0 Å². The zero-order valence-corrected chi connectivity index (χ0v) is 12.5. The van der Waals surface area contributed by atoms with E-state index >= 15 is 0 Å². The molecule has 0 bridgehead atoms. The molecule has 0 radical (unpaired) electrons. The second kappa shape index (κ2) is 7.66. The van der Waals surface area contributed by atoms with Gasteiger partial charge >= 0.3 is 0 Å². The molecule has 2 nitrogen and oxygen atoms in total. The third-order valence-electron chi connectivity index (χ3n) is 4.20. The average molecular weight is 260 g/mol. The maximum atomic E-state index is 3.52. The van der Waals surface area contributed by atoms with Crippen LogP contribution in [0.15, 0.2) is 24.3 Å². The Kier molecular flexibility index (Phi) is 5.87. The summed E-state index contributed by atoms with van der Waals surface area (Å²) in [7, 11) is 0. The van der Waals surface area contributed by atoms with E-state index in [1.807, 2.05) is 0 Å². The zero-order valence-electron chi connectivity index (χ0n) is 12.5. The molecule has 106 valence electrons. The predicted molar refractivity (Wildman–Crippen MR) is 82.4 cm³/mol. The van der Waals surface area contributed by atoms with Crippen molar-refractivity contribution in [3.05, 3.63) is 35.4 Å². The number of hydrogen-bond donors (Lipinski definition) is 1. The molecule has 1 aliphatic heterocycles. The molecule has 1 fully saturated rings. The summed E-state index contributed by atoms with van der Waals surface area (Å²) >= 11 is 0. The van der Waals surface area contributed by atoms with E-state index in [-0.39, 0.29) is 0 Å². The van der Waals surface area contributed by atoms with Gasteiger partial charge in [-0.15, -0.1) is 0 Å². The molecular weight excluding hydrogens is 232 g/mol. The molecule has 1 atom stereocenters. The van der Waals surface area contributed by atoms with Crippen molar-refractivity contribution in [1.29, 1.82) is 0 Å². The van der Waals surface area contributed by atoms with Crippen LogP contribution < -0.4 is 5.32 Å². The van der Waals surface area contributed by atoms with Crippen LogP contribution in [0, 0.1) is 5.92 Å². The van der Waals surface area contributed by atoms with Crippen molar-refractivity contribution < 1.29 is 0 Å². The monoisotopic (exact) mass is 260 g/mol. The van der Waals surface area contributed by atoms with Crippen molar-refractivity contribution in [3.8, 4) is 0 Å². The lowest BCUT2D eigenvalue weighted by Crippen LogP contribution is -2.38. The molecule has 0 aliphatic carbocycles. The van der Waals surface area contributed by atoms with E-state index in [0.29, 0.717) is 0 Å². The van der Waals surface area contributed by atoms with Gasteiger partial charge in [0.05, 0.1) is 0 Å². The van der Waals surface area contributed by atoms with Crippen LogP contribution in [0.2, 0.25) is 0 Å². The van der Waals surface area contributed by atoms with Gasteiger partial charge in [0.1, 0.15) is 0 Å². The van der Waals surface area contributed by atoms with Crippen molar-refractivity contribution in [1.82, 2.24) is 10.2 Å². The normalized spacial score (nSPS) is 19.8. The topological polar surface area (TPSA) is 15.3 Å². The molecule has 1 aromatic carbocycles. The van der Waals surface area contributed by atoms with Gasteiger partial charge in [-0.05, 0) is 55.9 Å². The smallest absolute Gasteiger partial charge is 0.0233 e. The van der Waals surface area contributed by atoms with Gasteiger partial charge in [0.2, 0.25) is 0 Å². The summed E-state index contributed by atoms with van der Waals surface area (Å²) in [6.07, 6.45) is 3.86. The summed E-state index contributed by atoms with van der Waals surface area (Å²) in [5.74, 6) is 0.837. The highest BCUT2D eigenvalue weighted by Crippen LogP contribution is 2.14. The lowest BCUT2D eigenvalue weighted by Gasteiger charge is -2.29. The Bertz CT molecular complexity index is 352. The number of benzene rings is 1. The van der Waals surface area contributed by atoms with Crippen LogP contribution in [0.4, 0.5) is 0 Å². The van der Waals surface area contributed by atoms with E-state index in [2.05, 4.69) is 48.3 Å². The quantitative estimate of drug-likeness (QED) is 0.845. The van der Waals surface area contributed by atoms with E-state index in [1.165, 1.54) is 43.6 Å². The summed E-state index contributed by atoms with van der Waals surface area (Å²) < 4.78 is 0. The van der Waals surface area contributed by atoms with E-state index in [1.54, 1.807) is 0 Å². The molecule has 1 saturated heterocycles. The largest absolute Gasteiger partial charge is 0.316 e. The molecule has 1 aromatic rings. The minimum Gasteiger partial charge on any atom is -0.316 e. The maximum Gasteiger partial charge on any atom is 0.0233 e. The van der Waals surface area contributed by atoms with Crippen LogP contribution in [0.3, 0.4) is 0 Å². The Morgan fingerprint density at radius 2 is 1.89 bits per heavy atom. The third kappa shape index (κ3) is 4.63. The molecule has 0 saturated carbocycles. The molecule has 0 spiro atoms. The minimum atomic E-state index is 0.837. The van der Waals surface area contributed by atoms with Crippen LogP contribution in [0.5, 0.6) is 0 Å².